The Hall–Kier alpha value is -0.330. The fourth-order valence-electron chi connectivity index (χ4n) is 4.44. The highest BCUT2D eigenvalue weighted by atomic mass is 16.1. The molecule has 0 saturated heterocycles. The molecule has 0 aromatic heterocycles. The number of ketones is 1. The lowest BCUT2D eigenvalue weighted by atomic mass is 9.66. The summed E-state index contributed by atoms with van der Waals surface area (Å²) in [5.41, 5.74) is 0. The zero-order valence-corrected chi connectivity index (χ0v) is 13.5. The van der Waals surface area contributed by atoms with Crippen molar-refractivity contribution in [2.75, 3.05) is 0 Å². The van der Waals surface area contributed by atoms with Crippen molar-refractivity contribution in [1.82, 2.24) is 0 Å². The first-order valence-corrected chi connectivity index (χ1v) is 9.31. The van der Waals surface area contributed by atoms with Crippen LogP contribution in [-0.4, -0.2) is 5.78 Å². The summed E-state index contributed by atoms with van der Waals surface area (Å²) in [6, 6.07) is 0. The standard InChI is InChI=1S/C19H34O/c1-2-3-4-5-6-7-8-9-16-10-11-18-15-19(20)13-12-17(18)14-16/h16-18H,2-15H2,1H3. The van der Waals surface area contributed by atoms with Crippen LogP contribution >= 0.6 is 0 Å². The van der Waals surface area contributed by atoms with E-state index in [-0.39, 0.29) is 0 Å². The van der Waals surface area contributed by atoms with Gasteiger partial charge in [-0.25, -0.2) is 0 Å². The second-order valence-corrected chi connectivity index (χ2v) is 7.39. The molecular weight excluding hydrogens is 244 g/mol. The van der Waals surface area contributed by atoms with Crippen LogP contribution in [0.1, 0.15) is 96.8 Å². The van der Waals surface area contributed by atoms with Gasteiger partial charge in [0.2, 0.25) is 0 Å². The van der Waals surface area contributed by atoms with E-state index in [1.54, 1.807) is 0 Å². The number of Topliss-reactive ketones (excluding diaryl/α,β-unsaturated/α-hetero) is 1. The molecule has 0 N–H and O–H groups in total. The van der Waals surface area contributed by atoms with Crippen LogP contribution in [0.5, 0.6) is 0 Å². The van der Waals surface area contributed by atoms with Gasteiger partial charge in [0, 0.05) is 12.8 Å². The Morgan fingerprint density at radius 3 is 2.45 bits per heavy atom. The Bertz CT molecular complexity index is 283. The molecule has 0 radical (unpaired) electrons. The summed E-state index contributed by atoms with van der Waals surface area (Å²) in [6.07, 6.45) is 18.7. The summed E-state index contributed by atoms with van der Waals surface area (Å²) < 4.78 is 0. The first-order valence-electron chi connectivity index (χ1n) is 9.31. The van der Waals surface area contributed by atoms with Crippen LogP contribution in [0.4, 0.5) is 0 Å². The molecule has 2 rings (SSSR count). The van der Waals surface area contributed by atoms with Crippen LogP contribution in [0.25, 0.3) is 0 Å². The molecule has 2 aliphatic carbocycles. The molecule has 1 nitrogen and oxygen atoms in total. The minimum Gasteiger partial charge on any atom is -0.300 e. The van der Waals surface area contributed by atoms with E-state index in [0.717, 1.165) is 30.6 Å². The molecule has 0 aromatic carbocycles. The van der Waals surface area contributed by atoms with E-state index in [4.69, 9.17) is 0 Å². The van der Waals surface area contributed by atoms with Gasteiger partial charge in [0.05, 0.1) is 0 Å². The predicted molar refractivity (Wildman–Crippen MR) is 85.8 cm³/mol. The third kappa shape index (κ3) is 5.22. The molecule has 0 heterocycles. The Morgan fingerprint density at radius 1 is 0.900 bits per heavy atom. The van der Waals surface area contributed by atoms with Gasteiger partial charge in [-0.05, 0) is 37.0 Å². The van der Waals surface area contributed by atoms with Crippen LogP contribution in [0.3, 0.4) is 0 Å². The van der Waals surface area contributed by atoms with Crippen LogP contribution in [-0.2, 0) is 4.79 Å². The van der Waals surface area contributed by atoms with Crippen molar-refractivity contribution >= 4 is 5.78 Å². The lowest BCUT2D eigenvalue weighted by Gasteiger charge is -2.38. The summed E-state index contributed by atoms with van der Waals surface area (Å²) in [7, 11) is 0. The first kappa shape index (κ1) is 16.0. The monoisotopic (exact) mass is 278 g/mol. The number of hydrogen-bond donors (Lipinski definition) is 0. The van der Waals surface area contributed by atoms with E-state index in [1.165, 1.54) is 77.0 Å². The van der Waals surface area contributed by atoms with Crippen molar-refractivity contribution in [3.8, 4) is 0 Å². The quantitative estimate of drug-likeness (QED) is 0.504. The van der Waals surface area contributed by atoms with Crippen molar-refractivity contribution < 1.29 is 4.79 Å². The molecule has 116 valence electrons. The average Bonchev–Trinajstić information content (AvgIpc) is 2.46. The van der Waals surface area contributed by atoms with E-state index >= 15 is 0 Å². The van der Waals surface area contributed by atoms with E-state index in [9.17, 15) is 4.79 Å². The van der Waals surface area contributed by atoms with Crippen LogP contribution < -0.4 is 0 Å². The highest BCUT2D eigenvalue weighted by Crippen LogP contribution is 2.43. The minimum absolute atomic E-state index is 0.539. The van der Waals surface area contributed by atoms with Gasteiger partial charge >= 0.3 is 0 Å². The summed E-state index contributed by atoms with van der Waals surface area (Å²) in [6.45, 7) is 2.29. The summed E-state index contributed by atoms with van der Waals surface area (Å²) >= 11 is 0. The fourth-order valence-corrected chi connectivity index (χ4v) is 4.44. The van der Waals surface area contributed by atoms with E-state index in [1.807, 2.05) is 0 Å². The van der Waals surface area contributed by atoms with Gasteiger partial charge in [0.25, 0.3) is 0 Å². The smallest absolute Gasteiger partial charge is 0.133 e. The van der Waals surface area contributed by atoms with Crippen molar-refractivity contribution in [1.29, 1.82) is 0 Å². The molecular formula is C19H34O. The van der Waals surface area contributed by atoms with Crippen molar-refractivity contribution in [2.24, 2.45) is 17.8 Å². The molecule has 0 aromatic rings. The second kappa shape index (κ2) is 8.85. The van der Waals surface area contributed by atoms with E-state index < -0.39 is 0 Å². The van der Waals surface area contributed by atoms with Gasteiger partial charge in [-0.1, -0.05) is 64.7 Å². The number of hydrogen-bond acceptors (Lipinski definition) is 1. The largest absolute Gasteiger partial charge is 0.300 e. The highest BCUT2D eigenvalue weighted by Gasteiger charge is 2.34. The first-order chi connectivity index (χ1) is 9.79. The molecule has 20 heavy (non-hydrogen) atoms. The van der Waals surface area contributed by atoms with E-state index in [2.05, 4.69) is 6.92 Å². The second-order valence-electron chi connectivity index (χ2n) is 7.39. The number of fused-ring (bicyclic) bond motifs is 1. The third-order valence-corrected chi connectivity index (χ3v) is 5.75. The molecule has 2 aliphatic rings. The van der Waals surface area contributed by atoms with Gasteiger partial charge in [-0.2, -0.15) is 0 Å². The number of carbonyl (C=O) groups excluding carboxylic acids is 1. The third-order valence-electron chi connectivity index (χ3n) is 5.75. The Labute approximate surface area is 125 Å². The topological polar surface area (TPSA) is 17.1 Å². The summed E-state index contributed by atoms with van der Waals surface area (Å²) in [4.78, 5) is 11.5. The Kier molecular flexibility index (Phi) is 7.10. The van der Waals surface area contributed by atoms with Crippen LogP contribution in [0.2, 0.25) is 0 Å². The SMILES string of the molecule is CCCCCCCCCC1CCC2CC(=O)CCC2C1. The fraction of sp³-hybridized carbons (Fsp3) is 0.947. The van der Waals surface area contributed by atoms with Crippen LogP contribution in [0, 0.1) is 17.8 Å². The molecule has 2 fully saturated rings. The van der Waals surface area contributed by atoms with Gasteiger partial charge in [-0.3, -0.25) is 4.79 Å². The number of carbonyl (C=O) groups is 1. The maximum atomic E-state index is 11.5. The number of rotatable bonds is 8. The predicted octanol–water partition coefficient (Wildman–Crippen LogP) is 5.91. The van der Waals surface area contributed by atoms with Gasteiger partial charge < -0.3 is 0 Å². The molecule has 3 unspecified atom stereocenters. The molecule has 0 bridgehead atoms. The van der Waals surface area contributed by atoms with Gasteiger partial charge in [-0.15, -0.1) is 0 Å². The van der Waals surface area contributed by atoms with Gasteiger partial charge in [0.15, 0.2) is 0 Å². The van der Waals surface area contributed by atoms with Crippen molar-refractivity contribution in [2.45, 2.75) is 96.8 Å². The molecule has 0 amide bonds. The summed E-state index contributed by atoms with van der Waals surface area (Å²) in [5.74, 6) is 3.19. The zero-order chi connectivity index (χ0) is 14.2. The molecule has 1 heteroatoms. The lowest BCUT2D eigenvalue weighted by Crippen LogP contribution is -2.31. The molecule has 0 spiro atoms. The maximum absolute atomic E-state index is 11.5. The Morgan fingerprint density at radius 2 is 1.65 bits per heavy atom. The van der Waals surface area contributed by atoms with Gasteiger partial charge in [0.1, 0.15) is 5.78 Å². The van der Waals surface area contributed by atoms with Crippen molar-refractivity contribution in [3.63, 3.8) is 0 Å². The minimum atomic E-state index is 0.539. The normalized spacial score (nSPS) is 30.2. The lowest BCUT2D eigenvalue weighted by molar-refractivity contribution is -0.123. The van der Waals surface area contributed by atoms with Crippen molar-refractivity contribution in [3.05, 3.63) is 0 Å². The maximum Gasteiger partial charge on any atom is 0.133 e. The van der Waals surface area contributed by atoms with Crippen LogP contribution in [0.15, 0.2) is 0 Å². The Balaban J connectivity index is 1.53. The average molecular weight is 278 g/mol. The molecule has 3 atom stereocenters. The number of unbranched alkanes of at least 4 members (excludes halogenated alkanes) is 6. The van der Waals surface area contributed by atoms with E-state index in [0.29, 0.717) is 5.78 Å². The zero-order valence-electron chi connectivity index (χ0n) is 13.5. The molecule has 0 aliphatic heterocycles. The summed E-state index contributed by atoms with van der Waals surface area (Å²) in [5, 5.41) is 0. The highest BCUT2D eigenvalue weighted by molar-refractivity contribution is 5.79. The molecule has 2 saturated carbocycles.